The Bertz CT molecular complexity index is 560. The van der Waals surface area contributed by atoms with Gasteiger partial charge in [-0.15, -0.1) is 0 Å². The molecule has 1 N–H and O–H groups in total. The predicted molar refractivity (Wildman–Crippen MR) is 67.6 cm³/mol. The second-order valence-electron chi connectivity index (χ2n) is 3.89. The van der Waals surface area contributed by atoms with Crippen LogP contribution in [0.5, 0.6) is 0 Å². The lowest BCUT2D eigenvalue weighted by atomic mass is 10.1. The van der Waals surface area contributed by atoms with Gasteiger partial charge in [-0.2, -0.15) is 0 Å². The molecule has 1 aromatic carbocycles. The van der Waals surface area contributed by atoms with Gasteiger partial charge in [0.1, 0.15) is 11.0 Å². The summed E-state index contributed by atoms with van der Waals surface area (Å²) < 4.78 is 25.9. The van der Waals surface area contributed by atoms with Crippen molar-refractivity contribution in [2.24, 2.45) is 0 Å². The first-order chi connectivity index (χ1) is 8.56. The van der Waals surface area contributed by atoms with E-state index in [4.69, 9.17) is 11.6 Å². The molecule has 0 amide bonds. The van der Waals surface area contributed by atoms with Crippen molar-refractivity contribution in [1.29, 1.82) is 0 Å². The molecule has 0 radical (unpaired) electrons. The van der Waals surface area contributed by atoms with Gasteiger partial charge in [0.05, 0.1) is 6.04 Å². The van der Waals surface area contributed by atoms with Gasteiger partial charge in [0.15, 0.2) is 11.6 Å². The Morgan fingerprint density at radius 3 is 2.61 bits per heavy atom. The van der Waals surface area contributed by atoms with E-state index in [1.807, 2.05) is 6.92 Å². The van der Waals surface area contributed by atoms with E-state index in [2.05, 4.69) is 10.3 Å². The molecule has 0 saturated heterocycles. The maximum Gasteiger partial charge on any atom is 0.159 e. The molecule has 94 valence electrons. The molecule has 0 aliphatic rings. The van der Waals surface area contributed by atoms with Crippen LogP contribution in [0.1, 0.15) is 18.5 Å². The van der Waals surface area contributed by atoms with Crippen LogP contribution in [0.2, 0.25) is 5.15 Å². The Hall–Kier alpha value is -1.68. The Balaban J connectivity index is 2.16. The number of rotatable bonds is 3. The minimum atomic E-state index is -0.861. The normalized spacial score (nSPS) is 12.2. The minimum Gasteiger partial charge on any atom is -0.364 e. The van der Waals surface area contributed by atoms with Crippen molar-refractivity contribution < 1.29 is 8.78 Å². The maximum absolute atomic E-state index is 13.1. The van der Waals surface area contributed by atoms with E-state index >= 15 is 0 Å². The van der Waals surface area contributed by atoms with Crippen molar-refractivity contribution in [3.63, 3.8) is 0 Å². The number of hydrogen-bond acceptors (Lipinski definition) is 2. The highest BCUT2D eigenvalue weighted by Crippen LogP contribution is 2.20. The molecular weight excluding hydrogens is 258 g/mol. The average Bonchev–Trinajstić information content (AvgIpc) is 2.32. The van der Waals surface area contributed by atoms with Gasteiger partial charge < -0.3 is 5.32 Å². The Labute approximate surface area is 109 Å². The lowest BCUT2D eigenvalue weighted by molar-refractivity contribution is 0.506. The molecule has 1 unspecified atom stereocenters. The van der Waals surface area contributed by atoms with Gasteiger partial charge in [-0.05, 0) is 36.8 Å². The van der Waals surface area contributed by atoms with Crippen LogP contribution in [0.15, 0.2) is 36.4 Å². The Morgan fingerprint density at radius 1 is 1.17 bits per heavy atom. The summed E-state index contributed by atoms with van der Waals surface area (Å²) in [5.41, 5.74) is 0.635. The van der Waals surface area contributed by atoms with E-state index in [9.17, 15) is 8.78 Å². The zero-order valence-electron chi connectivity index (χ0n) is 9.62. The lowest BCUT2D eigenvalue weighted by Gasteiger charge is -2.15. The number of pyridine rings is 1. The number of benzene rings is 1. The van der Waals surface area contributed by atoms with E-state index in [-0.39, 0.29) is 6.04 Å². The highest BCUT2D eigenvalue weighted by atomic mass is 35.5. The first-order valence-corrected chi connectivity index (χ1v) is 5.78. The van der Waals surface area contributed by atoms with Crippen LogP contribution in [0.25, 0.3) is 0 Å². The third-order valence-electron chi connectivity index (χ3n) is 2.52. The molecule has 1 heterocycles. The largest absolute Gasteiger partial charge is 0.364 e. The molecule has 0 aliphatic carbocycles. The van der Waals surface area contributed by atoms with Gasteiger partial charge in [0.2, 0.25) is 0 Å². The minimum absolute atomic E-state index is 0.203. The van der Waals surface area contributed by atoms with E-state index < -0.39 is 11.6 Å². The number of anilines is 1. The molecule has 1 aromatic heterocycles. The van der Waals surface area contributed by atoms with E-state index in [0.29, 0.717) is 16.5 Å². The van der Waals surface area contributed by atoms with Gasteiger partial charge in [0, 0.05) is 0 Å². The average molecular weight is 269 g/mol. The molecule has 18 heavy (non-hydrogen) atoms. The Morgan fingerprint density at radius 2 is 1.94 bits per heavy atom. The predicted octanol–water partition coefficient (Wildman–Crippen LogP) is 4.19. The van der Waals surface area contributed by atoms with Crippen LogP contribution in [0.4, 0.5) is 14.6 Å². The summed E-state index contributed by atoms with van der Waals surface area (Å²) in [4.78, 5) is 4.07. The highest BCUT2D eigenvalue weighted by Gasteiger charge is 2.09. The first-order valence-electron chi connectivity index (χ1n) is 5.40. The summed E-state index contributed by atoms with van der Waals surface area (Å²) in [6.07, 6.45) is 0. The summed E-state index contributed by atoms with van der Waals surface area (Å²) in [7, 11) is 0. The highest BCUT2D eigenvalue weighted by molar-refractivity contribution is 6.29. The fourth-order valence-corrected chi connectivity index (χ4v) is 1.74. The first kappa shape index (κ1) is 12.8. The summed E-state index contributed by atoms with van der Waals surface area (Å²) >= 11 is 5.76. The van der Waals surface area contributed by atoms with Crippen LogP contribution >= 0.6 is 11.6 Å². The second-order valence-corrected chi connectivity index (χ2v) is 4.27. The van der Waals surface area contributed by atoms with Crippen molar-refractivity contribution in [2.75, 3.05) is 5.32 Å². The molecule has 0 aliphatic heterocycles. The molecule has 1 atom stereocenters. The summed E-state index contributed by atoms with van der Waals surface area (Å²) in [6.45, 7) is 1.83. The van der Waals surface area contributed by atoms with Crippen LogP contribution in [-0.2, 0) is 0 Å². The standard InChI is InChI=1S/C13H11ClF2N2/c1-8(9-5-6-10(15)11(16)7-9)17-13-4-2-3-12(14)18-13/h2-8H,1H3,(H,17,18). The van der Waals surface area contributed by atoms with E-state index in [1.54, 1.807) is 18.2 Å². The van der Waals surface area contributed by atoms with Gasteiger partial charge in [0.25, 0.3) is 0 Å². The molecule has 0 spiro atoms. The molecule has 2 nitrogen and oxygen atoms in total. The smallest absolute Gasteiger partial charge is 0.159 e. The summed E-state index contributed by atoms with van der Waals surface area (Å²) in [6, 6.07) is 8.77. The van der Waals surface area contributed by atoms with Gasteiger partial charge in [-0.3, -0.25) is 0 Å². The van der Waals surface area contributed by atoms with E-state index in [1.165, 1.54) is 6.07 Å². The molecular formula is C13H11ClF2N2. The quantitative estimate of drug-likeness (QED) is 0.845. The maximum atomic E-state index is 13.1. The van der Waals surface area contributed by atoms with Gasteiger partial charge >= 0.3 is 0 Å². The van der Waals surface area contributed by atoms with Crippen molar-refractivity contribution in [2.45, 2.75) is 13.0 Å². The van der Waals surface area contributed by atoms with Gasteiger partial charge in [-0.1, -0.05) is 23.7 Å². The molecule has 0 saturated carbocycles. The van der Waals surface area contributed by atoms with Crippen molar-refractivity contribution in [3.05, 3.63) is 58.7 Å². The van der Waals surface area contributed by atoms with Crippen molar-refractivity contribution >= 4 is 17.4 Å². The Kier molecular flexibility index (Phi) is 3.77. The van der Waals surface area contributed by atoms with E-state index in [0.717, 1.165) is 12.1 Å². The lowest BCUT2D eigenvalue weighted by Crippen LogP contribution is -2.08. The van der Waals surface area contributed by atoms with Crippen LogP contribution in [-0.4, -0.2) is 4.98 Å². The topological polar surface area (TPSA) is 24.9 Å². The number of nitrogens with zero attached hydrogens (tertiary/aromatic N) is 1. The molecule has 2 rings (SSSR count). The zero-order valence-corrected chi connectivity index (χ0v) is 10.4. The molecule has 0 fully saturated rings. The number of halogens is 3. The second kappa shape index (κ2) is 5.31. The SMILES string of the molecule is CC(Nc1cccc(Cl)n1)c1ccc(F)c(F)c1. The third kappa shape index (κ3) is 2.96. The van der Waals surface area contributed by atoms with Crippen molar-refractivity contribution in [3.8, 4) is 0 Å². The van der Waals surface area contributed by atoms with Gasteiger partial charge in [-0.25, -0.2) is 13.8 Å². The summed E-state index contributed by atoms with van der Waals surface area (Å²) in [5.74, 6) is -1.13. The van der Waals surface area contributed by atoms with Crippen LogP contribution < -0.4 is 5.32 Å². The summed E-state index contributed by atoms with van der Waals surface area (Å²) in [5, 5.41) is 3.43. The fourth-order valence-electron chi connectivity index (χ4n) is 1.58. The molecule has 2 aromatic rings. The molecule has 0 bridgehead atoms. The monoisotopic (exact) mass is 268 g/mol. The number of nitrogens with one attached hydrogen (secondary N) is 1. The molecule has 5 heteroatoms. The number of hydrogen-bond donors (Lipinski definition) is 1. The van der Waals surface area contributed by atoms with Crippen molar-refractivity contribution in [1.82, 2.24) is 4.98 Å². The van der Waals surface area contributed by atoms with Crippen LogP contribution in [0, 0.1) is 11.6 Å². The van der Waals surface area contributed by atoms with Crippen LogP contribution in [0.3, 0.4) is 0 Å². The number of aromatic nitrogens is 1. The zero-order chi connectivity index (χ0) is 13.1. The third-order valence-corrected chi connectivity index (χ3v) is 2.73. The fraction of sp³-hybridized carbons (Fsp3) is 0.154.